The standard InChI is InChI=1S/C13H22N2/c1-3-13(4-2,11-14)15-10-12-8-6-5-7-9-12/h5-9,15H,3-4,10-11,14H2,1-2H3. The molecule has 0 saturated heterocycles. The maximum absolute atomic E-state index is 5.83. The lowest BCUT2D eigenvalue weighted by atomic mass is 9.92. The molecule has 0 aromatic heterocycles. The first kappa shape index (κ1) is 12.2. The van der Waals surface area contributed by atoms with Crippen molar-refractivity contribution in [1.82, 2.24) is 5.32 Å². The molecule has 3 N–H and O–H groups in total. The third kappa shape index (κ3) is 3.33. The predicted molar refractivity (Wildman–Crippen MR) is 65.6 cm³/mol. The highest BCUT2D eigenvalue weighted by Gasteiger charge is 2.22. The Kier molecular flexibility index (Phi) is 4.79. The van der Waals surface area contributed by atoms with Crippen molar-refractivity contribution in [2.24, 2.45) is 5.73 Å². The number of nitrogens with two attached hydrogens (primary N) is 1. The van der Waals surface area contributed by atoms with Crippen molar-refractivity contribution in [1.29, 1.82) is 0 Å². The monoisotopic (exact) mass is 206 g/mol. The Labute approximate surface area is 92.9 Å². The van der Waals surface area contributed by atoms with Gasteiger partial charge in [-0.15, -0.1) is 0 Å². The van der Waals surface area contributed by atoms with Gasteiger partial charge < -0.3 is 11.1 Å². The fourth-order valence-electron chi connectivity index (χ4n) is 1.75. The summed E-state index contributed by atoms with van der Waals surface area (Å²) in [5.41, 5.74) is 7.25. The molecule has 0 aliphatic carbocycles. The van der Waals surface area contributed by atoms with Crippen molar-refractivity contribution in [2.45, 2.75) is 38.8 Å². The van der Waals surface area contributed by atoms with E-state index in [1.54, 1.807) is 0 Å². The molecule has 0 aliphatic heterocycles. The largest absolute Gasteiger partial charge is 0.329 e. The van der Waals surface area contributed by atoms with Gasteiger partial charge in [0.05, 0.1) is 0 Å². The van der Waals surface area contributed by atoms with Crippen molar-refractivity contribution >= 4 is 0 Å². The predicted octanol–water partition coefficient (Wildman–Crippen LogP) is 2.29. The van der Waals surface area contributed by atoms with Gasteiger partial charge in [0.25, 0.3) is 0 Å². The highest BCUT2D eigenvalue weighted by Crippen LogP contribution is 2.14. The number of benzene rings is 1. The summed E-state index contributed by atoms with van der Waals surface area (Å²) in [6.07, 6.45) is 2.15. The molecule has 1 aromatic carbocycles. The van der Waals surface area contributed by atoms with Gasteiger partial charge in [-0.1, -0.05) is 44.2 Å². The summed E-state index contributed by atoms with van der Waals surface area (Å²) in [5, 5.41) is 3.57. The average molecular weight is 206 g/mol. The van der Waals surface area contributed by atoms with Gasteiger partial charge in [-0.05, 0) is 18.4 Å². The molecular weight excluding hydrogens is 184 g/mol. The molecule has 0 unspecified atom stereocenters. The second-order valence-electron chi connectivity index (χ2n) is 4.03. The van der Waals surface area contributed by atoms with Crippen molar-refractivity contribution in [3.05, 3.63) is 35.9 Å². The maximum Gasteiger partial charge on any atom is 0.0301 e. The average Bonchev–Trinajstić information content (AvgIpc) is 2.33. The van der Waals surface area contributed by atoms with E-state index in [4.69, 9.17) is 5.73 Å². The molecule has 0 spiro atoms. The first-order valence-corrected chi connectivity index (χ1v) is 5.75. The molecule has 0 heterocycles. The van der Waals surface area contributed by atoms with E-state index in [1.807, 2.05) is 6.07 Å². The second-order valence-corrected chi connectivity index (χ2v) is 4.03. The van der Waals surface area contributed by atoms with Crippen LogP contribution in [0.1, 0.15) is 32.3 Å². The third-order valence-electron chi connectivity index (χ3n) is 3.25. The molecule has 0 amide bonds. The van der Waals surface area contributed by atoms with Crippen LogP contribution in [0.3, 0.4) is 0 Å². The molecule has 0 fully saturated rings. The van der Waals surface area contributed by atoms with Gasteiger partial charge in [-0.3, -0.25) is 0 Å². The van der Waals surface area contributed by atoms with E-state index in [1.165, 1.54) is 5.56 Å². The van der Waals surface area contributed by atoms with Crippen molar-refractivity contribution < 1.29 is 0 Å². The van der Waals surface area contributed by atoms with E-state index in [2.05, 4.69) is 43.4 Å². The number of nitrogens with one attached hydrogen (secondary N) is 1. The summed E-state index contributed by atoms with van der Waals surface area (Å²) in [4.78, 5) is 0. The van der Waals surface area contributed by atoms with Crippen LogP contribution in [-0.4, -0.2) is 12.1 Å². The quantitative estimate of drug-likeness (QED) is 0.749. The Balaban J connectivity index is 2.54. The molecule has 0 bridgehead atoms. The van der Waals surface area contributed by atoms with E-state index >= 15 is 0 Å². The highest BCUT2D eigenvalue weighted by atomic mass is 15.0. The molecule has 0 radical (unpaired) electrons. The Morgan fingerprint density at radius 2 is 1.73 bits per heavy atom. The van der Waals surface area contributed by atoms with Crippen LogP contribution in [-0.2, 0) is 6.54 Å². The van der Waals surface area contributed by atoms with Gasteiger partial charge in [0.2, 0.25) is 0 Å². The fraction of sp³-hybridized carbons (Fsp3) is 0.538. The van der Waals surface area contributed by atoms with E-state index in [0.717, 1.165) is 19.4 Å². The SMILES string of the molecule is CCC(CC)(CN)NCc1ccccc1. The Bertz CT molecular complexity index is 257. The van der Waals surface area contributed by atoms with Crippen LogP contribution in [0.4, 0.5) is 0 Å². The minimum absolute atomic E-state index is 0.107. The molecular formula is C13H22N2. The van der Waals surface area contributed by atoms with Crippen LogP contribution < -0.4 is 11.1 Å². The van der Waals surface area contributed by atoms with Gasteiger partial charge in [0.15, 0.2) is 0 Å². The molecule has 0 atom stereocenters. The zero-order valence-electron chi connectivity index (χ0n) is 9.79. The summed E-state index contributed by atoms with van der Waals surface area (Å²) in [6.45, 7) is 5.98. The summed E-state index contributed by atoms with van der Waals surface area (Å²) >= 11 is 0. The third-order valence-corrected chi connectivity index (χ3v) is 3.25. The van der Waals surface area contributed by atoms with E-state index in [0.29, 0.717) is 6.54 Å². The fourth-order valence-corrected chi connectivity index (χ4v) is 1.75. The topological polar surface area (TPSA) is 38.0 Å². The van der Waals surface area contributed by atoms with Crippen LogP contribution in [0.2, 0.25) is 0 Å². The van der Waals surface area contributed by atoms with Gasteiger partial charge in [0.1, 0.15) is 0 Å². The highest BCUT2D eigenvalue weighted by molar-refractivity contribution is 5.14. The number of hydrogen-bond acceptors (Lipinski definition) is 2. The second kappa shape index (κ2) is 5.89. The lowest BCUT2D eigenvalue weighted by Crippen LogP contribution is -2.49. The molecule has 0 saturated carbocycles. The molecule has 84 valence electrons. The van der Waals surface area contributed by atoms with Gasteiger partial charge in [0, 0.05) is 18.6 Å². The van der Waals surface area contributed by atoms with Crippen LogP contribution >= 0.6 is 0 Å². The summed E-state index contributed by atoms with van der Waals surface area (Å²) in [7, 11) is 0. The van der Waals surface area contributed by atoms with E-state index < -0.39 is 0 Å². The van der Waals surface area contributed by atoms with Gasteiger partial charge in [-0.2, -0.15) is 0 Å². The molecule has 15 heavy (non-hydrogen) atoms. The molecule has 1 rings (SSSR count). The first-order chi connectivity index (χ1) is 7.26. The normalized spacial score (nSPS) is 11.7. The minimum Gasteiger partial charge on any atom is -0.329 e. The maximum atomic E-state index is 5.83. The molecule has 2 nitrogen and oxygen atoms in total. The molecule has 2 heteroatoms. The minimum atomic E-state index is 0.107. The summed E-state index contributed by atoms with van der Waals surface area (Å²) in [6, 6.07) is 10.5. The molecule has 0 aliphatic rings. The van der Waals surface area contributed by atoms with E-state index in [-0.39, 0.29) is 5.54 Å². The summed E-state index contributed by atoms with van der Waals surface area (Å²) < 4.78 is 0. The smallest absolute Gasteiger partial charge is 0.0301 e. The van der Waals surface area contributed by atoms with Crippen LogP contribution in [0.5, 0.6) is 0 Å². The van der Waals surface area contributed by atoms with Crippen LogP contribution in [0, 0.1) is 0 Å². The number of hydrogen-bond donors (Lipinski definition) is 2. The zero-order valence-corrected chi connectivity index (χ0v) is 9.79. The van der Waals surface area contributed by atoms with Gasteiger partial charge >= 0.3 is 0 Å². The lowest BCUT2D eigenvalue weighted by molar-refractivity contribution is 0.307. The van der Waals surface area contributed by atoms with Crippen molar-refractivity contribution in [2.75, 3.05) is 6.54 Å². The molecule has 1 aromatic rings. The van der Waals surface area contributed by atoms with Crippen molar-refractivity contribution in [3.63, 3.8) is 0 Å². The van der Waals surface area contributed by atoms with Gasteiger partial charge in [-0.25, -0.2) is 0 Å². The van der Waals surface area contributed by atoms with Crippen molar-refractivity contribution in [3.8, 4) is 0 Å². The Morgan fingerprint density at radius 3 is 2.20 bits per heavy atom. The van der Waals surface area contributed by atoms with Crippen LogP contribution in [0.25, 0.3) is 0 Å². The van der Waals surface area contributed by atoms with Crippen LogP contribution in [0.15, 0.2) is 30.3 Å². The first-order valence-electron chi connectivity index (χ1n) is 5.75. The lowest BCUT2D eigenvalue weighted by Gasteiger charge is -2.31. The Hall–Kier alpha value is -0.860. The van der Waals surface area contributed by atoms with E-state index in [9.17, 15) is 0 Å². The number of rotatable bonds is 6. The summed E-state index contributed by atoms with van der Waals surface area (Å²) in [5.74, 6) is 0. The Morgan fingerprint density at radius 1 is 1.13 bits per heavy atom. The zero-order chi connectivity index (χ0) is 11.1.